The SMILES string of the molecule is Cc1c(CC2CCCC2)ccc(OCC2CCCC2)c1OC(F)(F)F. The Morgan fingerprint density at radius 3 is 2.16 bits per heavy atom. The van der Waals surface area contributed by atoms with Gasteiger partial charge in [0.25, 0.3) is 0 Å². The van der Waals surface area contributed by atoms with Crippen LogP contribution in [0.3, 0.4) is 0 Å². The normalized spacial score (nSPS) is 19.5. The lowest BCUT2D eigenvalue weighted by Gasteiger charge is -2.21. The van der Waals surface area contributed by atoms with E-state index in [1.807, 2.05) is 6.07 Å². The summed E-state index contributed by atoms with van der Waals surface area (Å²) in [4.78, 5) is 0. The van der Waals surface area contributed by atoms with Crippen LogP contribution in [0.15, 0.2) is 12.1 Å². The molecule has 2 aliphatic rings. The highest BCUT2D eigenvalue weighted by molar-refractivity contribution is 5.50. The first-order valence-corrected chi connectivity index (χ1v) is 9.43. The Balaban J connectivity index is 1.78. The van der Waals surface area contributed by atoms with E-state index in [0.717, 1.165) is 37.7 Å². The fraction of sp³-hybridized carbons (Fsp3) is 0.700. The fourth-order valence-electron chi connectivity index (χ4n) is 4.20. The van der Waals surface area contributed by atoms with E-state index >= 15 is 0 Å². The third kappa shape index (κ3) is 5.05. The van der Waals surface area contributed by atoms with E-state index in [4.69, 9.17) is 4.74 Å². The molecule has 0 heterocycles. The Labute approximate surface area is 147 Å². The minimum atomic E-state index is -4.71. The quantitative estimate of drug-likeness (QED) is 0.604. The van der Waals surface area contributed by atoms with Crippen LogP contribution in [0.4, 0.5) is 13.2 Å². The molecule has 2 aliphatic carbocycles. The predicted molar refractivity (Wildman–Crippen MR) is 91.0 cm³/mol. The van der Waals surface area contributed by atoms with Gasteiger partial charge in [0.2, 0.25) is 0 Å². The van der Waals surface area contributed by atoms with Crippen molar-refractivity contribution in [3.63, 3.8) is 0 Å². The molecule has 25 heavy (non-hydrogen) atoms. The summed E-state index contributed by atoms with van der Waals surface area (Å²) in [6, 6.07) is 3.58. The first-order chi connectivity index (χ1) is 11.9. The highest BCUT2D eigenvalue weighted by atomic mass is 19.4. The van der Waals surface area contributed by atoms with Crippen LogP contribution in [0.1, 0.15) is 62.5 Å². The number of ether oxygens (including phenoxy) is 2. The summed E-state index contributed by atoms with van der Waals surface area (Å²) in [5.74, 6) is 1.08. The molecule has 5 heteroatoms. The van der Waals surface area contributed by atoms with Crippen LogP contribution in [0.2, 0.25) is 0 Å². The lowest BCUT2D eigenvalue weighted by Crippen LogP contribution is -2.19. The number of halogens is 3. The van der Waals surface area contributed by atoms with Gasteiger partial charge in [0.1, 0.15) is 0 Å². The highest BCUT2D eigenvalue weighted by Crippen LogP contribution is 2.40. The molecule has 0 radical (unpaired) electrons. The minimum absolute atomic E-state index is 0.152. The summed E-state index contributed by atoms with van der Waals surface area (Å²) in [5.41, 5.74) is 1.51. The topological polar surface area (TPSA) is 18.5 Å². The Kier molecular flexibility index (Phi) is 5.80. The number of hydrogen-bond acceptors (Lipinski definition) is 2. The van der Waals surface area contributed by atoms with Gasteiger partial charge in [-0.25, -0.2) is 0 Å². The third-order valence-corrected chi connectivity index (χ3v) is 5.63. The molecule has 3 rings (SSSR count). The Morgan fingerprint density at radius 1 is 0.960 bits per heavy atom. The maximum Gasteiger partial charge on any atom is 0.573 e. The monoisotopic (exact) mass is 356 g/mol. The van der Waals surface area contributed by atoms with Gasteiger partial charge in [0.15, 0.2) is 11.5 Å². The molecule has 2 nitrogen and oxygen atoms in total. The smallest absolute Gasteiger partial charge is 0.489 e. The van der Waals surface area contributed by atoms with Gasteiger partial charge in [-0.3, -0.25) is 0 Å². The van der Waals surface area contributed by atoms with Crippen molar-refractivity contribution >= 4 is 0 Å². The zero-order valence-corrected chi connectivity index (χ0v) is 14.8. The van der Waals surface area contributed by atoms with Crippen LogP contribution in [0.25, 0.3) is 0 Å². The predicted octanol–water partition coefficient (Wildman–Crippen LogP) is 6.20. The molecule has 1 aromatic rings. The molecule has 0 unspecified atom stereocenters. The van der Waals surface area contributed by atoms with Gasteiger partial charge in [-0.1, -0.05) is 44.6 Å². The largest absolute Gasteiger partial charge is 0.573 e. The molecule has 2 saturated carbocycles. The lowest BCUT2D eigenvalue weighted by molar-refractivity contribution is -0.275. The number of alkyl halides is 3. The Hall–Kier alpha value is -1.39. The molecule has 1 aromatic carbocycles. The van der Waals surface area contributed by atoms with E-state index in [1.54, 1.807) is 13.0 Å². The molecule has 0 N–H and O–H groups in total. The molecular formula is C20H27F3O2. The average molecular weight is 356 g/mol. The molecule has 140 valence electrons. The Bertz CT molecular complexity index is 571. The van der Waals surface area contributed by atoms with E-state index < -0.39 is 6.36 Å². The van der Waals surface area contributed by atoms with E-state index in [2.05, 4.69) is 4.74 Å². The van der Waals surface area contributed by atoms with Crippen LogP contribution < -0.4 is 9.47 Å². The molecule has 0 spiro atoms. The van der Waals surface area contributed by atoms with Crippen LogP contribution in [-0.4, -0.2) is 13.0 Å². The third-order valence-electron chi connectivity index (χ3n) is 5.63. The van der Waals surface area contributed by atoms with E-state index in [1.165, 1.54) is 25.7 Å². The minimum Gasteiger partial charge on any atom is -0.489 e. The first-order valence-electron chi connectivity index (χ1n) is 9.43. The maximum absolute atomic E-state index is 12.9. The molecule has 0 aromatic heterocycles. The van der Waals surface area contributed by atoms with Crippen molar-refractivity contribution < 1.29 is 22.6 Å². The van der Waals surface area contributed by atoms with Gasteiger partial charge in [-0.05, 0) is 55.2 Å². The molecule has 0 bridgehead atoms. The van der Waals surface area contributed by atoms with Crippen molar-refractivity contribution in [3.05, 3.63) is 23.3 Å². The van der Waals surface area contributed by atoms with Crippen LogP contribution in [-0.2, 0) is 6.42 Å². The summed E-state index contributed by atoms with van der Waals surface area (Å²) in [6.07, 6.45) is 5.42. The molecule has 0 amide bonds. The van der Waals surface area contributed by atoms with Crippen molar-refractivity contribution in [1.29, 1.82) is 0 Å². The lowest BCUT2D eigenvalue weighted by atomic mass is 9.94. The van der Waals surface area contributed by atoms with Crippen molar-refractivity contribution in [1.82, 2.24) is 0 Å². The summed E-state index contributed by atoms with van der Waals surface area (Å²) >= 11 is 0. The van der Waals surface area contributed by atoms with Gasteiger partial charge in [0.05, 0.1) is 6.61 Å². The average Bonchev–Trinajstić information content (AvgIpc) is 3.22. The first kappa shape index (κ1) is 18.4. The summed E-state index contributed by atoms with van der Waals surface area (Å²) < 4.78 is 48.8. The van der Waals surface area contributed by atoms with Gasteiger partial charge in [0, 0.05) is 0 Å². The van der Waals surface area contributed by atoms with Crippen LogP contribution in [0.5, 0.6) is 11.5 Å². The second-order valence-corrected chi connectivity index (χ2v) is 7.54. The second kappa shape index (κ2) is 7.88. The van der Waals surface area contributed by atoms with Crippen molar-refractivity contribution in [2.45, 2.75) is 71.1 Å². The van der Waals surface area contributed by atoms with Crippen LogP contribution in [0, 0.1) is 18.8 Å². The standard InChI is InChI=1S/C20H27F3O2/c1-14-17(12-15-6-2-3-7-15)10-11-18(19(14)25-20(21,22)23)24-13-16-8-4-5-9-16/h10-11,15-16H,2-9,12-13H2,1H3. The van der Waals surface area contributed by atoms with Gasteiger partial charge in [-0.15, -0.1) is 13.2 Å². The van der Waals surface area contributed by atoms with Gasteiger partial charge < -0.3 is 9.47 Å². The Morgan fingerprint density at radius 2 is 1.56 bits per heavy atom. The van der Waals surface area contributed by atoms with Gasteiger partial charge in [-0.2, -0.15) is 0 Å². The van der Waals surface area contributed by atoms with Crippen LogP contribution >= 0.6 is 0 Å². The zero-order valence-electron chi connectivity index (χ0n) is 14.8. The summed E-state index contributed by atoms with van der Waals surface area (Å²) in [5, 5.41) is 0. The highest BCUT2D eigenvalue weighted by Gasteiger charge is 2.34. The number of hydrogen-bond donors (Lipinski definition) is 0. The summed E-state index contributed by atoms with van der Waals surface area (Å²) in [7, 11) is 0. The summed E-state index contributed by atoms with van der Waals surface area (Å²) in [6.45, 7) is 2.18. The fourth-order valence-corrected chi connectivity index (χ4v) is 4.20. The van der Waals surface area contributed by atoms with E-state index in [9.17, 15) is 13.2 Å². The van der Waals surface area contributed by atoms with Crippen molar-refractivity contribution in [2.75, 3.05) is 6.61 Å². The van der Waals surface area contributed by atoms with E-state index in [-0.39, 0.29) is 11.5 Å². The number of rotatable bonds is 6. The second-order valence-electron chi connectivity index (χ2n) is 7.54. The molecule has 2 fully saturated rings. The molecule has 0 aliphatic heterocycles. The maximum atomic E-state index is 12.9. The molecule has 0 atom stereocenters. The molecular weight excluding hydrogens is 329 g/mol. The zero-order chi connectivity index (χ0) is 17.9. The van der Waals surface area contributed by atoms with Crippen molar-refractivity contribution in [3.8, 4) is 11.5 Å². The van der Waals surface area contributed by atoms with Crippen molar-refractivity contribution in [2.24, 2.45) is 11.8 Å². The number of benzene rings is 1. The van der Waals surface area contributed by atoms with E-state index in [0.29, 0.717) is 24.0 Å². The molecule has 0 saturated heterocycles. The van der Waals surface area contributed by atoms with Gasteiger partial charge >= 0.3 is 6.36 Å².